The fraction of sp³-hybridized carbons (Fsp3) is 0.462. The first kappa shape index (κ1) is 31.4. The number of fused-ring (bicyclic) bond motifs is 1. The van der Waals surface area contributed by atoms with Crippen molar-refractivity contribution < 1.29 is 0 Å². The van der Waals surface area contributed by atoms with Gasteiger partial charge in [-0.15, -0.1) is 0 Å². The van der Waals surface area contributed by atoms with E-state index in [4.69, 9.17) is 0 Å². The first-order valence-electron chi connectivity index (χ1n) is 17.0. The number of hydrogen-bond donors (Lipinski definition) is 2. The van der Waals surface area contributed by atoms with E-state index in [1.54, 1.807) is 0 Å². The van der Waals surface area contributed by atoms with E-state index in [1.165, 1.54) is 82.7 Å². The van der Waals surface area contributed by atoms with Crippen molar-refractivity contribution in [2.45, 2.75) is 71.9 Å². The van der Waals surface area contributed by atoms with Crippen LogP contribution in [0, 0.1) is 25.2 Å². The number of nitriles is 1. The Hall–Kier alpha value is -3.63. The van der Waals surface area contributed by atoms with E-state index in [9.17, 15) is 5.26 Å². The molecule has 4 heterocycles. The Bertz CT molecular complexity index is 1690. The molecule has 0 saturated carbocycles. The van der Waals surface area contributed by atoms with E-state index in [1.807, 2.05) is 11.6 Å². The van der Waals surface area contributed by atoms with Crippen LogP contribution < -0.4 is 10.6 Å². The molecule has 0 spiro atoms. The molecule has 0 radical (unpaired) electrons. The van der Waals surface area contributed by atoms with E-state index in [2.05, 4.69) is 103 Å². The number of piperidine rings is 1. The lowest BCUT2D eigenvalue weighted by Crippen LogP contribution is -2.34. The van der Waals surface area contributed by atoms with Gasteiger partial charge < -0.3 is 24.7 Å². The minimum atomic E-state index is 0.371. The molecule has 2 N–H and O–H groups in total. The van der Waals surface area contributed by atoms with E-state index in [0.717, 1.165) is 56.8 Å². The van der Waals surface area contributed by atoms with Crippen LogP contribution in [0.5, 0.6) is 0 Å². The number of benzene rings is 2. The Balaban J connectivity index is 1.50. The van der Waals surface area contributed by atoms with Gasteiger partial charge in [-0.3, -0.25) is 0 Å². The van der Waals surface area contributed by atoms with Crippen LogP contribution in [-0.2, 0) is 40.0 Å². The topological polar surface area (TPSA) is 61.0 Å². The molecule has 6 rings (SSSR count). The number of nitrogens with one attached hydrogen (secondary N) is 2. The largest absolute Gasteiger partial charge is 0.347 e. The SMILES string of the molecule is CCNCc1ccccc1CC(CN1CCCCC1)c1cc2c(cc1-c1cc(-c3cc(C#N)n(C)c3C)c(C)n1C)CCNC2. The van der Waals surface area contributed by atoms with Gasteiger partial charge in [0.05, 0.1) is 0 Å². The average molecular weight is 603 g/mol. The van der Waals surface area contributed by atoms with Crippen molar-refractivity contribution in [3.63, 3.8) is 0 Å². The Morgan fingerprint density at radius 3 is 2.36 bits per heavy atom. The van der Waals surface area contributed by atoms with E-state index >= 15 is 0 Å². The molecule has 6 nitrogen and oxygen atoms in total. The summed E-state index contributed by atoms with van der Waals surface area (Å²) in [5.74, 6) is 0.371. The molecule has 45 heavy (non-hydrogen) atoms. The van der Waals surface area contributed by atoms with Crippen molar-refractivity contribution in [1.82, 2.24) is 24.7 Å². The van der Waals surface area contributed by atoms with Gasteiger partial charge in [0.15, 0.2) is 0 Å². The Morgan fingerprint density at radius 2 is 1.62 bits per heavy atom. The second-order valence-corrected chi connectivity index (χ2v) is 13.2. The van der Waals surface area contributed by atoms with Gasteiger partial charge in [-0.1, -0.05) is 43.7 Å². The Morgan fingerprint density at radius 1 is 0.889 bits per heavy atom. The summed E-state index contributed by atoms with van der Waals surface area (Å²) in [5, 5.41) is 17.0. The van der Waals surface area contributed by atoms with Gasteiger partial charge in [-0.2, -0.15) is 5.26 Å². The molecule has 0 amide bonds. The van der Waals surface area contributed by atoms with Crippen molar-refractivity contribution in [1.29, 1.82) is 5.26 Å². The molecule has 1 atom stereocenters. The molecule has 2 aromatic carbocycles. The van der Waals surface area contributed by atoms with Crippen molar-refractivity contribution in [2.75, 3.05) is 32.7 Å². The van der Waals surface area contributed by atoms with Crippen LogP contribution >= 0.6 is 0 Å². The molecule has 1 fully saturated rings. The van der Waals surface area contributed by atoms with Gasteiger partial charge in [0, 0.05) is 73.4 Å². The van der Waals surface area contributed by atoms with Crippen LogP contribution in [0.25, 0.3) is 22.4 Å². The van der Waals surface area contributed by atoms with Crippen LogP contribution in [0.2, 0.25) is 0 Å². The maximum absolute atomic E-state index is 9.75. The summed E-state index contributed by atoms with van der Waals surface area (Å²) < 4.78 is 4.40. The fourth-order valence-corrected chi connectivity index (χ4v) is 7.60. The average Bonchev–Trinajstić information content (AvgIpc) is 3.52. The van der Waals surface area contributed by atoms with Gasteiger partial charge >= 0.3 is 0 Å². The van der Waals surface area contributed by atoms with Crippen molar-refractivity contribution in [2.24, 2.45) is 14.1 Å². The van der Waals surface area contributed by atoms with Crippen LogP contribution in [0.4, 0.5) is 0 Å². The summed E-state index contributed by atoms with van der Waals surface area (Å²) >= 11 is 0. The minimum absolute atomic E-state index is 0.371. The van der Waals surface area contributed by atoms with Crippen LogP contribution in [0.15, 0.2) is 48.5 Å². The number of hydrogen-bond acceptors (Lipinski definition) is 4. The first-order valence-corrected chi connectivity index (χ1v) is 17.0. The molecule has 236 valence electrons. The Labute approximate surface area is 270 Å². The van der Waals surface area contributed by atoms with Crippen molar-refractivity contribution >= 4 is 0 Å². The normalized spacial score (nSPS) is 16.0. The van der Waals surface area contributed by atoms with Gasteiger partial charge in [0.1, 0.15) is 11.8 Å². The van der Waals surface area contributed by atoms with Crippen LogP contribution in [-0.4, -0.2) is 46.8 Å². The van der Waals surface area contributed by atoms with E-state index < -0.39 is 0 Å². The lowest BCUT2D eigenvalue weighted by atomic mass is 9.82. The zero-order valence-corrected chi connectivity index (χ0v) is 28.0. The molecule has 2 aromatic heterocycles. The molecular formula is C39H50N6. The summed E-state index contributed by atoms with van der Waals surface area (Å²) in [6, 6.07) is 21.0. The fourth-order valence-electron chi connectivity index (χ4n) is 7.60. The molecule has 0 aliphatic carbocycles. The number of aromatic nitrogens is 2. The first-order chi connectivity index (χ1) is 21.9. The molecular weight excluding hydrogens is 552 g/mol. The maximum atomic E-state index is 9.75. The third kappa shape index (κ3) is 6.40. The van der Waals surface area contributed by atoms with Crippen LogP contribution in [0.3, 0.4) is 0 Å². The highest BCUT2D eigenvalue weighted by Gasteiger charge is 2.27. The molecule has 2 aliphatic rings. The van der Waals surface area contributed by atoms with Gasteiger partial charge in [-0.05, 0) is 112 Å². The lowest BCUT2D eigenvalue weighted by molar-refractivity contribution is 0.215. The second-order valence-electron chi connectivity index (χ2n) is 13.2. The number of likely N-dealkylation sites (tertiary alicyclic amines) is 1. The summed E-state index contributed by atoms with van der Waals surface area (Å²) in [7, 11) is 4.21. The smallest absolute Gasteiger partial charge is 0.120 e. The van der Waals surface area contributed by atoms with Gasteiger partial charge in [-0.25, -0.2) is 0 Å². The van der Waals surface area contributed by atoms with E-state index in [0.29, 0.717) is 11.6 Å². The summed E-state index contributed by atoms with van der Waals surface area (Å²) in [5.41, 5.74) is 15.3. The predicted octanol–water partition coefficient (Wildman–Crippen LogP) is 6.75. The highest BCUT2D eigenvalue weighted by molar-refractivity contribution is 5.79. The Kier molecular flexibility index (Phi) is 9.61. The molecule has 4 aromatic rings. The lowest BCUT2D eigenvalue weighted by Gasteiger charge is -2.33. The standard InChI is InChI=1S/C39H50N6/c1-6-41-24-31-13-9-8-12-29(31)18-33(26-45-16-10-7-11-17-45)37-20-32-25-42-15-14-30(32)19-38(37)39-22-36(28(3)44(39)5)35-21-34(23-40)43(4)27(35)2/h8-9,12-13,19-22,33,41-42H,6-7,10-11,14-18,24-26H2,1-5H3. The summed E-state index contributed by atoms with van der Waals surface area (Å²) in [6.07, 6.45) is 6.03. The third-order valence-electron chi connectivity index (χ3n) is 10.5. The van der Waals surface area contributed by atoms with Gasteiger partial charge in [0.2, 0.25) is 0 Å². The van der Waals surface area contributed by atoms with Crippen molar-refractivity contribution in [3.05, 3.63) is 93.4 Å². The molecule has 0 bridgehead atoms. The zero-order valence-electron chi connectivity index (χ0n) is 28.0. The molecule has 1 saturated heterocycles. The third-order valence-corrected chi connectivity index (χ3v) is 10.5. The maximum Gasteiger partial charge on any atom is 0.120 e. The monoisotopic (exact) mass is 602 g/mol. The van der Waals surface area contributed by atoms with Crippen molar-refractivity contribution in [3.8, 4) is 28.5 Å². The van der Waals surface area contributed by atoms with E-state index in [-0.39, 0.29) is 0 Å². The number of nitrogens with zero attached hydrogens (tertiary/aromatic N) is 4. The van der Waals surface area contributed by atoms with Crippen LogP contribution in [0.1, 0.15) is 77.0 Å². The number of rotatable bonds is 10. The summed E-state index contributed by atoms with van der Waals surface area (Å²) in [6.45, 7) is 13.8. The molecule has 6 heteroatoms. The van der Waals surface area contributed by atoms with Gasteiger partial charge in [0.25, 0.3) is 0 Å². The summed E-state index contributed by atoms with van der Waals surface area (Å²) in [4.78, 5) is 2.72. The minimum Gasteiger partial charge on any atom is -0.347 e. The molecule has 2 aliphatic heterocycles. The second kappa shape index (κ2) is 13.8. The predicted molar refractivity (Wildman–Crippen MR) is 185 cm³/mol. The highest BCUT2D eigenvalue weighted by Crippen LogP contribution is 2.40. The zero-order chi connectivity index (χ0) is 31.5. The quantitative estimate of drug-likeness (QED) is 0.211. The highest BCUT2D eigenvalue weighted by atomic mass is 15.1. The molecule has 1 unspecified atom stereocenters.